The quantitative estimate of drug-likeness (QED) is 0.824. The van der Waals surface area contributed by atoms with Crippen molar-refractivity contribution in [2.75, 3.05) is 32.8 Å². The standard InChI is InChI=1S/C14H20N2O/c1-2-4-13-9-16(7-5-12(13)3-1)10-14-11-17-8-6-15-14/h1-4,14-15H,5-11H2. The molecule has 2 aliphatic rings. The lowest BCUT2D eigenvalue weighted by atomic mass is 9.99. The van der Waals surface area contributed by atoms with Crippen LogP contribution in [-0.2, 0) is 17.7 Å². The monoisotopic (exact) mass is 232 g/mol. The lowest BCUT2D eigenvalue weighted by Gasteiger charge is -2.33. The van der Waals surface area contributed by atoms with E-state index in [1.54, 1.807) is 0 Å². The molecule has 0 radical (unpaired) electrons. The third-order valence-electron chi connectivity index (χ3n) is 3.69. The fourth-order valence-electron chi connectivity index (χ4n) is 2.76. The van der Waals surface area contributed by atoms with Crippen molar-refractivity contribution in [3.63, 3.8) is 0 Å². The van der Waals surface area contributed by atoms with Crippen molar-refractivity contribution in [2.24, 2.45) is 0 Å². The second-order valence-electron chi connectivity index (χ2n) is 4.98. The molecular weight excluding hydrogens is 212 g/mol. The van der Waals surface area contributed by atoms with Gasteiger partial charge in [0.2, 0.25) is 0 Å². The highest BCUT2D eigenvalue weighted by molar-refractivity contribution is 5.29. The van der Waals surface area contributed by atoms with E-state index in [4.69, 9.17) is 4.74 Å². The molecule has 1 atom stereocenters. The Labute approximate surface area is 103 Å². The topological polar surface area (TPSA) is 24.5 Å². The number of hydrogen-bond acceptors (Lipinski definition) is 3. The summed E-state index contributed by atoms with van der Waals surface area (Å²) in [5.74, 6) is 0. The normalized spacial score (nSPS) is 25.5. The minimum atomic E-state index is 0.508. The zero-order chi connectivity index (χ0) is 11.5. The minimum Gasteiger partial charge on any atom is -0.378 e. The lowest BCUT2D eigenvalue weighted by Crippen LogP contribution is -2.49. The number of rotatable bonds is 2. The molecule has 1 unspecified atom stereocenters. The van der Waals surface area contributed by atoms with E-state index in [0.717, 1.165) is 32.8 Å². The summed E-state index contributed by atoms with van der Waals surface area (Å²) in [6.07, 6.45) is 1.18. The second-order valence-corrected chi connectivity index (χ2v) is 4.98. The molecule has 0 spiro atoms. The maximum Gasteiger partial charge on any atom is 0.0632 e. The van der Waals surface area contributed by atoms with Crippen LogP contribution in [0.15, 0.2) is 24.3 Å². The van der Waals surface area contributed by atoms with Crippen molar-refractivity contribution in [3.05, 3.63) is 35.4 Å². The molecule has 1 aromatic rings. The molecule has 0 amide bonds. The van der Waals surface area contributed by atoms with E-state index < -0.39 is 0 Å². The number of benzene rings is 1. The average Bonchev–Trinajstić information content (AvgIpc) is 2.40. The largest absolute Gasteiger partial charge is 0.378 e. The summed E-state index contributed by atoms with van der Waals surface area (Å²) in [6.45, 7) is 6.09. The van der Waals surface area contributed by atoms with Gasteiger partial charge in [-0.05, 0) is 17.5 Å². The van der Waals surface area contributed by atoms with Crippen LogP contribution < -0.4 is 5.32 Å². The minimum absolute atomic E-state index is 0.508. The van der Waals surface area contributed by atoms with Crippen molar-refractivity contribution in [3.8, 4) is 0 Å². The predicted octanol–water partition coefficient (Wildman–Crippen LogP) is 1.03. The number of hydrogen-bond donors (Lipinski definition) is 1. The molecule has 1 fully saturated rings. The van der Waals surface area contributed by atoms with Crippen LogP contribution in [0.3, 0.4) is 0 Å². The summed E-state index contributed by atoms with van der Waals surface area (Å²) in [7, 11) is 0. The molecule has 1 saturated heterocycles. The molecule has 92 valence electrons. The van der Waals surface area contributed by atoms with Crippen molar-refractivity contribution >= 4 is 0 Å². The van der Waals surface area contributed by atoms with Gasteiger partial charge in [0, 0.05) is 32.2 Å². The van der Waals surface area contributed by atoms with Crippen LogP contribution in [0.25, 0.3) is 0 Å². The van der Waals surface area contributed by atoms with Gasteiger partial charge in [0.05, 0.1) is 13.2 Å². The van der Waals surface area contributed by atoms with Crippen LogP contribution in [0.1, 0.15) is 11.1 Å². The molecule has 2 aliphatic heterocycles. The first-order chi connectivity index (χ1) is 8.42. The van der Waals surface area contributed by atoms with Crippen molar-refractivity contribution in [2.45, 2.75) is 19.0 Å². The average molecular weight is 232 g/mol. The Morgan fingerprint density at radius 1 is 1.29 bits per heavy atom. The Morgan fingerprint density at radius 2 is 2.18 bits per heavy atom. The molecular formula is C14H20N2O. The molecule has 3 rings (SSSR count). The smallest absolute Gasteiger partial charge is 0.0632 e. The van der Waals surface area contributed by atoms with E-state index in [0.29, 0.717) is 6.04 Å². The number of fused-ring (bicyclic) bond motifs is 1. The van der Waals surface area contributed by atoms with E-state index in [9.17, 15) is 0 Å². The van der Waals surface area contributed by atoms with Crippen LogP contribution >= 0.6 is 0 Å². The van der Waals surface area contributed by atoms with Gasteiger partial charge in [-0.3, -0.25) is 4.90 Å². The summed E-state index contributed by atoms with van der Waals surface area (Å²) < 4.78 is 5.50. The molecule has 1 aromatic carbocycles. The third-order valence-corrected chi connectivity index (χ3v) is 3.69. The van der Waals surface area contributed by atoms with E-state index in [2.05, 4.69) is 34.5 Å². The van der Waals surface area contributed by atoms with Crippen LogP contribution in [0, 0.1) is 0 Å². The van der Waals surface area contributed by atoms with E-state index in [1.165, 1.54) is 24.1 Å². The summed E-state index contributed by atoms with van der Waals surface area (Å²) in [5.41, 5.74) is 3.02. The number of morpholine rings is 1. The number of nitrogens with one attached hydrogen (secondary N) is 1. The third kappa shape index (κ3) is 2.68. The first-order valence-corrected chi connectivity index (χ1v) is 6.52. The lowest BCUT2D eigenvalue weighted by molar-refractivity contribution is 0.0598. The van der Waals surface area contributed by atoms with E-state index >= 15 is 0 Å². The highest BCUT2D eigenvalue weighted by Crippen LogP contribution is 2.18. The van der Waals surface area contributed by atoms with E-state index in [-0.39, 0.29) is 0 Å². The highest BCUT2D eigenvalue weighted by Gasteiger charge is 2.20. The highest BCUT2D eigenvalue weighted by atomic mass is 16.5. The maximum atomic E-state index is 5.50. The summed E-state index contributed by atoms with van der Waals surface area (Å²) in [6, 6.07) is 9.31. The van der Waals surface area contributed by atoms with Gasteiger partial charge in [-0.25, -0.2) is 0 Å². The molecule has 17 heavy (non-hydrogen) atoms. The molecule has 2 heterocycles. The van der Waals surface area contributed by atoms with E-state index in [1.807, 2.05) is 0 Å². The fraction of sp³-hybridized carbons (Fsp3) is 0.571. The Hall–Kier alpha value is -0.900. The first kappa shape index (κ1) is 11.2. The van der Waals surface area contributed by atoms with Crippen LogP contribution in [0.2, 0.25) is 0 Å². The van der Waals surface area contributed by atoms with Crippen molar-refractivity contribution in [1.82, 2.24) is 10.2 Å². The Morgan fingerprint density at radius 3 is 3.00 bits per heavy atom. The molecule has 0 saturated carbocycles. The number of ether oxygens (including phenoxy) is 1. The SMILES string of the molecule is c1ccc2c(c1)CCN(CC1COCCN1)C2. The van der Waals surface area contributed by atoms with Gasteiger partial charge in [0.15, 0.2) is 0 Å². The van der Waals surface area contributed by atoms with Gasteiger partial charge in [-0.2, -0.15) is 0 Å². The summed E-state index contributed by atoms with van der Waals surface area (Å²) in [5, 5.41) is 3.52. The second kappa shape index (κ2) is 5.17. The molecule has 1 N–H and O–H groups in total. The Bertz CT molecular complexity index is 374. The van der Waals surface area contributed by atoms with Gasteiger partial charge in [-0.15, -0.1) is 0 Å². The van der Waals surface area contributed by atoms with Crippen molar-refractivity contribution in [1.29, 1.82) is 0 Å². The number of nitrogens with zero attached hydrogens (tertiary/aromatic N) is 1. The Balaban J connectivity index is 1.60. The van der Waals surface area contributed by atoms with Gasteiger partial charge >= 0.3 is 0 Å². The van der Waals surface area contributed by atoms with Crippen LogP contribution in [-0.4, -0.2) is 43.8 Å². The van der Waals surface area contributed by atoms with Gasteiger partial charge < -0.3 is 10.1 Å². The van der Waals surface area contributed by atoms with Gasteiger partial charge in [0.1, 0.15) is 0 Å². The zero-order valence-corrected chi connectivity index (χ0v) is 10.2. The molecule has 0 bridgehead atoms. The molecule has 0 aromatic heterocycles. The van der Waals surface area contributed by atoms with Gasteiger partial charge in [0.25, 0.3) is 0 Å². The van der Waals surface area contributed by atoms with Crippen LogP contribution in [0.5, 0.6) is 0 Å². The fourth-order valence-corrected chi connectivity index (χ4v) is 2.76. The van der Waals surface area contributed by atoms with Crippen molar-refractivity contribution < 1.29 is 4.74 Å². The summed E-state index contributed by atoms with van der Waals surface area (Å²) >= 11 is 0. The summed E-state index contributed by atoms with van der Waals surface area (Å²) in [4.78, 5) is 2.54. The van der Waals surface area contributed by atoms with Gasteiger partial charge in [-0.1, -0.05) is 24.3 Å². The first-order valence-electron chi connectivity index (χ1n) is 6.52. The molecule has 3 heteroatoms. The Kier molecular flexibility index (Phi) is 3.41. The predicted molar refractivity (Wildman–Crippen MR) is 68.0 cm³/mol. The molecule has 3 nitrogen and oxygen atoms in total. The zero-order valence-electron chi connectivity index (χ0n) is 10.2. The maximum absolute atomic E-state index is 5.50. The molecule has 0 aliphatic carbocycles. The van der Waals surface area contributed by atoms with Crippen LogP contribution in [0.4, 0.5) is 0 Å².